The molecule has 1 heterocycles. The van der Waals surface area contributed by atoms with Gasteiger partial charge in [-0.2, -0.15) is 0 Å². The number of hydrogen-bond acceptors (Lipinski definition) is 4. The van der Waals surface area contributed by atoms with Crippen molar-refractivity contribution in [2.75, 3.05) is 0 Å². The van der Waals surface area contributed by atoms with E-state index >= 15 is 0 Å². The summed E-state index contributed by atoms with van der Waals surface area (Å²) in [6, 6.07) is 9.35. The normalized spacial score (nSPS) is 22.2. The highest BCUT2D eigenvalue weighted by Crippen LogP contribution is 2.44. The minimum Gasteiger partial charge on any atom is -0.217 e. The Bertz CT molecular complexity index is 591. The van der Waals surface area contributed by atoms with Crippen molar-refractivity contribution in [2.45, 2.75) is 48.6 Å². The van der Waals surface area contributed by atoms with E-state index in [0.29, 0.717) is 11.3 Å². The Morgan fingerprint density at radius 3 is 2.95 bits per heavy atom. The second kappa shape index (κ2) is 4.63. The van der Waals surface area contributed by atoms with Crippen LogP contribution in [0.25, 0.3) is 0 Å². The highest BCUT2D eigenvalue weighted by atomic mass is 32.2. The fourth-order valence-electron chi connectivity index (χ4n) is 2.77. The number of hydrogen-bond donors (Lipinski definition) is 0. The average Bonchev–Trinajstić information content (AvgIpc) is 3.20. The van der Waals surface area contributed by atoms with E-state index in [1.165, 1.54) is 43.2 Å². The first-order valence-electron chi connectivity index (χ1n) is 6.94. The van der Waals surface area contributed by atoms with Crippen LogP contribution in [0.1, 0.15) is 48.1 Å². The summed E-state index contributed by atoms with van der Waals surface area (Å²) < 4.78 is 2.02. The van der Waals surface area contributed by atoms with Gasteiger partial charge in [0.15, 0.2) is 0 Å². The molecular weight excluding hydrogens is 256 g/mol. The van der Waals surface area contributed by atoms with Gasteiger partial charge in [0.25, 0.3) is 0 Å². The monoisotopic (exact) mass is 272 g/mol. The van der Waals surface area contributed by atoms with Crippen molar-refractivity contribution in [1.82, 2.24) is 20.2 Å². The Kier molecular flexibility index (Phi) is 2.80. The van der Waals surface area contributed by atoms with Crippen molar-refractivity contribution in [3.05, 3.63) is 35.4 Å². The topological polar surface area (TPSA) is 43.6 Å². The number of aryl methyl sites for hydroxylation is 1. The molecule has 5 heteroatoms. The molecule has 0 saturated heterocycles. The Labute approximate surface area is 116 Å². The van der Waals surface area contributed by atoms with E-state index in [4.69, 9.17) is 0 Å². The van der Waals surface area contributed by atoms with Crippen LogP contribution in [-0.4, -0.2) is 20.2 Å². The van der Waals surface area contributed by atoms with Gasteiger partial charge in [-0.15, -0.1) is 5.10 Å². The lowest BCUT2D eigenvalue weighted by Crippen LogP contribution is -2.08. The summed E-state index contributed by atoms with van der Waals surface area (Å²) in [7, 11) is 0. The second-order valence-electron chi connectivity index (χ2n) is 5.33. The van der Waals surface area contributed by atoms with Crippen LogP contribution in [0.2, 0.25) is 0 Å². The maximum absolute atomic E-state index is 4.21. The van der Waals surface area contributed by atoms with E-state index in [1.54, 1.807) is 0 Å². The maximum Gasteiger partial charge on any atom is 0.210 e. The number of aromatic nitrogens is 4. The van der Waals surface area contributed by atoms with Gasteiger partial charge in [-0.1, -0.05) is 36.0 Å². The molecule has 1 atom stereocenters. The summed E-state index contributed by atoms with van der Waals surface area (Å²) in [5.41, 5.74) is 2.97. The largest absolute Gasteiger partial charge is 0.217 e. The average molecular weight is 272 g/mol. The van der Waals surface area contributed by atoms with Gasteiger partial charge in [0, 0.05) is 5.25 Å². The lowest BCUT2D eigenvalue weighted by molar-refractivity contribution is 0.563. The molecule has 1 saturated carbocycles. The molecule has 0 bridgehead atoms. The van der Waals surface area contributed by atoms with E-state index in [1.807, 2.05) is 16.4 Å². The van der Waals surface area contributed by atoms with Crippen LogP contribution in [0, 0.1) is 0 Å². The summed E-state index contributed by atoms with van der Waals surface area (Å²) in [6.45, 7) is 0. The Morgan fingerprint density at radius 1 is 1.16 bits per heavy atom. The van der Waals surface area contributed by atoms with Crippen molar-refractivity contribution in [2.24, 2.45) is 0 Å². The predicted molar refractivity (Wildman–Crippen MR) is 74.1 cm³/mol. The maximum atomic E-state index is 4.21. The minimum absolute atomic E-state index is 0.508. The zero-order valence-corrected chi connectivity index (χ0v) is 11.5. The number of fused-ring (bicyclic) bond motifs is 1. The third-order valence-electron chi connectivity index (χ3n) is 3.92. The number of thioether (sulfide) groups is 1. The van der Waals surface area contributed by atoms with E-state index in [-0.39, 0.29) is 0 Å². The lowest BCUT2D eigenvalue weighted by Gasteiger charge is -2.24. The quantitative estimate of drug-likeness (QED) is 0.860. The lowest BCUT2D eigenvalue weighted by atomic mass is 9.91. The van der Waals surface area contributed by atoms with Crippen molar-refractivity contribution in [1.29, 1.82) is 0 Å². The molecular formula is C14H16N4S. The first-order valence-corrected chi connectivity index (χ1v) is 7.82. The Hall–Kier alpha value is -1.36. The van der Waals surface area contributed by atoms with Gasteiger partial charge in [0.05, 0.1) is 6.04 Å². The van der Waals surface area contributed by atoms with Crippen molar-refractivity contribution >= 4 is 11.8 Å². The minimum atomic E-state index is 0.508. The highest BCUT2D eigenvalue weighted by molar-refractivity contribution is 7.99. The molecule has 1 aromatic carbocycles. The first-order chi connectivity index (χ1) is 9.42. The molecule has 0 spiro atoms. The van der Waals surface area contributed by atoms with Crippen LogP contribution < -0.4 is 0 Å². The van der Waals surface area contributed by atoms with Crippen LogP contribution in [0.4, 0.5) is 0 Å². The molecule has 0 amide bonds. The fraction of sp³-hybridized carbons (Fsp3) is 0.500. The zero-order valence-electron chi connectivity index (χ0n) is 10.7. The Balaban J connectivity index is 1.62. The van der Waals surface area contributed by atoms with Crippen LogP contribution in [0.15, 0.2) is 29.4 Å². The smallest absolute Gasteiger partial charge is 0.210 e. The van der Waals surface area contributed by atoms with E-state index in [2.05, 4.69) is 39.8 Å². The van der Waals surface area contributed by atoms with Gasteiger partial charge in [-0.3, -0.25) is 0 Å². The summed E-state index contributed by atoms with van der Waals surface area (Å²) >= 11 is 1.84. The zero-order chi connectivity index (χ0) is 12.7. The molecule has 2 aliphatic rings. The van der Waals surface area contributed by atoms with Crippen LogP contribution in [-0.2, 0) is 6.42 Å². The van der Waals surface area contributed by atoms with Crippen LogP contribution >= 0.6 is 11.8 Å². The molecule has 2 aromatic rings. The van der Waals surface area contributed by atoms with Gasteiger partial charge in [0.1, 0.15) is 0 Å². The van der Waals surface area contributed by atoms with Crippen LogP contribution in [0.3, 0.4) is 0 Å². The third kappa shape index (κ3) is 2.16. The number of tetrazole rings is 1. The number of nitrogens with zero attached hydrogens (tertiary/aromatic N) is 4. The van der Waals surface area contributed by atoms with Gasteiger partial charge in [-0.05, 0) is 53.7 Å². The van der Waals surface area contributed by atoms with Crippen LogP contribution in [0.5, 0.6) is 0 Å². The van der Waals surface area contributed by atoms with Gasteiger partial charge in [-0.25, -0.2) is 4.68 Å². The third-order valence-corrected chi connectivity index (χ3v) is 5.17. The molecule has 1 aromatic heterocycles. The molecule has 0 aliphatic heterocycles. The Morgan fingerprint density at radius 2 is 2.05 bits per heavy atom. The molecule has 98 valence electrons. The highest BCUT2D eigenvalue weighted by Gasteiger charge is 2.30. The summed E-state index contributed by atoms with van der Waals surface area (Å²) in [5.74, 6) is 0. The molecule has 1 fully saturated rings. The first kappa shape index (κ1) is 11.5. The second-order valence-corrected chi connectivity index (χ2v) is 6.50. The van der Waals surface area contributed by atoms with E-state index in [9.17, 15) is 0 Å². The molecule has 4 nitrogen and oxygen atoms in total. The van der Waals surface area contributed by atoms with E-state index in [0.717, 1.165) is 5.16 Å². The summed E-state index contributed by atoms with van der Waals surface area (Å²) in [5, 5.41) is 13.7. The standard InChI is InChI=1S/C14H16N4S/c1-2-6-12-10(4-1)5-3-7-13(12)19-14-15-16-17-18(14)11-8-9-11/h1-2,4,6,11,13H,3,5,7-9H2. The summed E-state index contributed by atoms with van der Waals surface area (Å²) in [6.07, 6.45) is 6.14. The fourth-order valence-corrected chi connectivity index (χ4v) is 4.04. The molecule has 2 aliphatic carbocycles. The van der Waals surface area contributed by atoms with Gasteiger partial charge in [0.2, 0.25) is 5.16 Å². The van der Waals surface area contributed by atoms with Crippen molar-refractivity contribution < 1.29 is 0 Å². The predicted octanol–water partition coefficient (Wildman–Crippen LogP) is 3.18. The van der Waals surface area contributed by atoms with Gasteiger partial charge >= 0.3 is 0 Å². The molecule has 0 N–H and O–H groups in total. The van der Waals surface area contributed by atoms with Crippen molar-refractivity contribution in [3.8, 4) is 0 Å². The molecule has 1 unspecified atom stereocenters. The molecule has 4 rings (SSSR count). The number of benzene rings is 1. The van der Waals surface area contributed by atoms with Crippen molar-refractivity contribution in [3.63, 3.8) is 0 Å². The van der Waals surface area contributed by atoms with E-state index < -0.39 is 0 Å². The molecule has 0 radical (unpaired) electrons. The van der Waals surface area contributed by atoms with Gasteiger partial charge < -0.3 is 0 Å². The summed E-state index contributed by atoms with van der Waals surface area (Å²) in [4.78, 5) is 0. The number of rotatable bonds is 3. The molecule has 19 heavy (non-hydrogen) atoms. The SMILES string of the molecule is c1ccc2c(c1)CCCC2Sc1nnnn1C1CC1.